The number of anilines is 1. The molecule has 1 heterocycles. The second-order valence-electron chi connectivity index (χ2n) is 5.67. The topological polar surface area (TPSA) is 51.2 Å². The zero-order chi connectivity index (χ0) is 17.5. The van der Waals surface area contributed by atoms with Crippen LogP contribution in [0.5, 0.6) is 5.75 Å². The van der Waals surface area contributed by atoms with E-state index < -0.39 is 0 Å². The van der Waals surface area contributed by atoms with Gasteiger partial charge in [0.1, 0.15) is 5.75 Å². The summed E-state index contributed by atoms with van der Waals surface area (Å²) in [6.45, 7) is 2.53. The number of hydrogen-bond donors (Lipinski definition) is 1. The van der Waals surface area contributed by atoms with Crippen LogP contribution in [-0.4, -0.2) is 17.5 Å². The summed E-state index contributed by atoms with van der Waals surface area (Å²) < 4.78 is 5.71. The molecule has 0 saturated carbocycles. The lowest BCUT2D eigenvalue weighted by Gasteiger charge is -2.08. The summed E-state index contributed by atoms with van der Waals surface area (Å²) in [5.74, 6) is 0.831. The van der Waals surface area contributed by atoms with E-state index in [2.05, 4.69) is 10.3 Å². The van der Waals surface area contributed by atoms with Gasteiger partial charge in [0.2, 0.25) is 5.91 Å². The van der Waals surface area contributed by atoms with E-state index >= 15 is 0 Å². The summed E-state index contributed by atoms with van der Waals surface area (Å²) in [5, 5.41) is 5.43. The smallest absolute Gasteiger partial charge is 0.226 e. The fraction of sp³-hybridized carbons (Fsp3) is 0.200. The number of aryl methyl sites for hydroxylation is 1. The molecule has 1 N–H and O–H groups in total. The fourth-order valence-electron chi connectivity index (χ4n) is 2.39. The highest BCUT2D eigenvalue weighted by Crippen LogP contribution is 2.24. The normalized spacial score (nSPS) is 10.4. The number of thiazole rings is 1. The van der Waals surface area contributed by atoms with Crippen molar-refractivity contribution in [2.24, 2.45) is 0 Å². The number of aromatic nitrogens is 1. The lowest BCUT2D eigenvalue weighted by atomic mass is 10.2. The molecule has 1 aromatic heterocycles. The van der Waals surface area contributed by atoms with E-state index in [4.69, 9.17) is 4.74 Å². The molecule has 128 valence electrons. The largest absolute Gasteiger partial charge is 0.493 e. The van der Waals surface area contributed by atoms with Crippen molar-refractivity contribution in [3.8, 4) is 17.0 Å². The SMILES string of the molecule is Cc1ccccc1OCCCC(=O)Nc1nc(-c2ccccc2)cs1. The van der Waals surface area contributed by atoms with E-state index in [-0.39, 0.29) is 5.91 Å². The van der Waals surface area contributed by atoms with Gasteiger partial charge < -0.3 is 10.1 Å². The first-order chi connectivity index (χ1) is 12.2. The number of ether oxygens (including phenoxy) is 1. The predicted molar refractivity (Wildman–Crippen MR) is 102 cm³/mol. The van der Waals surface area contributed by atoms with Gasteiger partial charge in [-0.1, -0.05) is 48.5 Å². The van der Waals surface area contributed by atoms with Crippen molar-refractivity contribution >= 4 is 22.4 Å². The van der Waals surface area contributed by atoms with Gasteiger partial charge in [-0.2, -0.15) is 0 Å². The molecule has 0 aliphatic carbocycles. The van der Waals surface area contributed by atoms with Crippen LogP contribution >= 0.6 is 11.3 Å². The maximum atomic E-state index is 12.0. The molecule has 4 nitrogen and oxygen atoms in total. The molecule has 0 bridgehead atoms. The first-order valence-electron chi connectivity index (χ1n) is 8.21. The van der Waals surface area contributed by atoms with Gasteiger partial charge in [-0.25, -0.2) is 4.98 Å². The predicted octanol–water partition coefficient (Wildman–Crippen LogP) is 4.92. The van der Waals surface area contributed by atoms with Crippen LogP contribution < -0.4 is 10.1 Å². The molecule has 0 unspecified atom stereocenters. The number of nitrogens with one attached hydrogen (secondary N) is 1. The lowest BCUT2D eigenvalue weighted by Crippen LogP contribution is -2.12. The maximum absolute atomic E-state index is 12.0. The fourth-order valence-corrected chi connectivity index (χ4v) is 3.12. The Kier molecular flexibility index (Phi) is 5.80. The quantitative estimate of drug-likeness (QED) is 0.614. The molecular weight excluding hydrogens is 332 g/mol. The summed E-state index contributed by atoms with van der Waals surface area (Å²) in [4.78, 5) is 16.5. The molecule has 3 aromatic rings. The Hall–Kier alpha value is -2.66. The molecule has 0 fully saturated rings. The average Bonchev–Trinajstić information content (AvgIpc) is 3.09. The highest BCUT2D eigenvalue weighted by atomic mass is 32.1. The van der Waals surface area contributed by atoms with Gasteiger partial charge in [-0.3, -0.25) is 4.79 Å². The molecule has 0 aliphatic rings. The number of para-hydroxylation sites is 1. The molecule has 25 heavy (non-hydrogen) atoms. The molecule has 0 spiro atoms. The highest BCUT2D eigenvalue weighted by molar-refractivity contribution is 7.14. The molecule has 5 heteroatoms. The van der Waals surface area contributed by atoms with Crippen LogP contribution in [0, 0.1) is 6.92 Å². The van der Waals surface area contributed by atoms with Crippen molar-refractivity contribution in [2.45, 2.75) is 19.8 Å². The van der Waals surface area contributed by atoms with Crippen LogP contribution in [0.15, 0.2) is 60.0 Å². The van der Waals surface area contributed by atoms with Gasteiger partial charge in [0, 0.05) is 17.4 Å². The van der Waals surface area contributed by atoms with Gasteiger partial charge in [0.25, 0.3) is 0 Å². The van der Waals surface area contributed by atoms with Crippen LogP contribution in [0.1, 0.15) is 18.4 Å². The van der Waals surface area contributed by atoms with Gasteiger partial charge in [-0.15, -0.1) is 11.3 Å². The number of nitrogens with zero attached hydrogens (tertiary/aromatic N) is 1. The monoisotopic (exact) mass is 352 g/mol. The molecule has 0 atom stereocenters. The molecule has 0 radical (unpaired) electrons. The molecule has 3 rings (SSSR count). The number of rotatable bonds is 7. The van der Waals surface area contributed by atoms with Crippen molar-refractivity contribution in [1.82, 2.24) is 4.98 Å². The van der Waals surface area contributed by atoms with Crippen LogP contribution in [0.2, 0.25) is 0 Å². The van der Waals surface area contributed by atoms with E-state index in [0.717, 1.165) is 22.6 Å². The van der Waals surface area contributed by atoms with Gasteiger partial charge >= 0.3 is 0 Å². The Morgan fingerprint density at radius 3 is 2.68 bits per heavy atom. The summed E-state index contributed by atoms with van der Waals surface area (Å²) in [7, 11) is 0. The van der Waals surface area contributed by atoms with Crippen molar-refractivity contribution < 1.29 is 9.53 Å². The number of amides is 1. The Labute approximate surface area is 151 Å². The zero-order valence-electron chi connectivity index (χ0n) is 14.1. The van der Waals surface area contributed by atoms with E-state index in [1.165, 1.54) is 11.3 Å². The summed E-state index contributed by atoms with van der Waals surface area (Å²) in [5.41, 5.74) is 3.03. The average molecular weight is 352 g/mol. The summed E-state index contributed by atoms with van der Waals surface area (Å²) in [6, 6.07) is 17.8. The number of carbonyl (C=O) groups is 1. The van der Waals surface area contributed by atoms with Crippen LogP contribution in [0.4, 0.5) is 5.13 Å². The van der Waals surface area contributed by atoms with Gasteiger partial charge in [-0.05, 0) is 25.0 Å². The minimum Gasteiger partial charge on any atom is -0.493 e. The Morgan fingerprint density at radius 1 is 1.12 bits per heavy atom. The second-order valence-corrected chi connectivity index (χ2v) is 6.53. The van der Waals surface area contributed by atoms with Crippen LogP contribution in [0.25, 0.3) is 11.3 Å². The zero-order valence-corrected chi connectivity index (χ0v) is 14.9. The summed E-state index contributed by atoms with van der Waals surface area (Å²) >= 11 is 1.44. The van der Waals surface area contributed by atoms with E-state index in [1.807, 2.05) is 66.9 Å². The van der Waals surface area contributed by atoms with Crippen LogP contribution in [-0.2, 0) is 4.79 Å². The second kappa shape index (κ2) is 8.44. The van der Waals surface area contributed by atoms with Crippen molar-refractivity contribution in [3.05, 3.63) is 65.5 Å². The van der Waals surface area contributed by atoms with Crippen molar-refractivity contribution in [3.63, 3.8) is 0 Å². The minimum absolute atomic E-state index is 0.0395. The third-order valence-electron chi connectivity index (χ3n) is 3.72. The van der Waals surface area contributed by atoms with Crippen molar-refractivity contribution in [1.29, 1.82) is 0 Å². The Morgan fingerprint density at radius 2 is 1.88 bits per heavy atom. The maximum Gasteiger partial charge on any atom is 0.226 e. The first-order valence-corrected chi connectivity index (χ1v) is 9.09. The third kappa shape index (κ3) is 4.90. The Bertz CT molecular complexity index is 830. The van der Waals surface area contributed by atoms with E-state index in [1.54, 1.807) is 0 Å². The first kappa shape index (κ1) is 17.2. The number of benzene rings is 2. The molecular formula is C20H20N2O2S. The molecule has 2 aromatic carbocycles. The van der Waals surface area contributed by atoms with Crippen LogP contribution in [0.3, 0.4) is 0 Å². The molecule has 0 saturated heterocycles. The number of hydrogen-bond acceptors (Lipinski definition) is 4. The summed E-state index contributed by atoms with van der Waals surface area (Å²) in [6.07, 6.45) is 1.07. The van der Waals surface area contributed by atoms with Gasteiger partial charge in [0.15, 0.2) is 5.13 Å². The molecule has 0 aliphatic heterocycles. The minimum atomic E-state index is -0.0395. The molecule has 1 amide bonds. The third-order valence-corrected chi connectivity index (χ3v) is 4.48. The highest BCUT2D eigenvalue weighted by Gasteiger charge is 2.08. The van der Waals surface area contributed by atoms with Gasteiger partial charge in [0.05, 0.1) is 12.3 Å². The number of carbonyl (C=O) groups excluding carboxylic acids is 1. The van der Waals surface area contributed by atoms with Crippen molar-refractivity contribution in [2.75, 3.05) is 11.9 Å². The standard InChI is InChI=1S/C20H20N2O2S/c1-15-8-5-6-11-18(15)24-13-7-12-19(23)22-20-21-17(14-25-20)16-9-3-2-4-10-16/h2-6,8-11,14H,7,12-13H2,1H3,(H,21,22,23). The lowest BCUT2D eigenvalue weighted by molar-refractivity contribution is -0.116. The van der Waals surface area contributed by atoms with E-state index in [9.17, 15) is 4.79 Å². The Balaban J connectivity index is 1.44. The van der Waals surface area contributed by atoms with E-state index in [0.29, 0.717) is 24.6 Å².